The Bertz CT molecular complexity index is 238. The molecule has 0 saturated carbocycles. The van der Waals surface area contributed by atoms with Crippen LogP contribution in [0.1, 0.15) is 20.3 Å². The van der Waals surface area contributed by atoms with Gasteiger partial charge in [-0.1, -0.05) is 0 Å². The monoisotopic (exact) mass is 182 g/mol. The normalized spacial score (nSPS) is 30.3. The Morgan fingerprint density at radius 2 is 1.38 bits per heavy atom. The first kappa shape index (κ1) is 8.53. The number of rotatable bonds is 2. The van der Waals surface area contributed by atoms with E-state index in [4.69, 9.17) is 0 Å². The molecule has 2 saturated heterocycles. The van der Waals surface area contributed by atoms with Gasteiger partial charge in [0.05, 0.1) is 0 Å². The van der Waals surface area contributed by atoms with Crippen molar-refractivity contribution in [2.45, 2.75) is 32.4 Å². The lowest BCUT2D eigenvalue weighted by molar-refractivity contribution is -0.135. The summed E-state index contributed by atoms with van der Waals surface area (Å²) in [5.74, 6) is -0.0341. The van der Waals surface area contributed by atoms with Crippen LogP contribution >= 0.6 is 0 Å². The van der Waals surface area contributed by atoms with Gasteiger partial charge in [-0.05, 0) is 13.8 Å². The molecule has 4 nitrogen and oxygen atoms in total. The van der Waals surface area contributed by atoms with Gasteiger partial charge in [-0.25, -0.2) is 0 Å². The molecule has 2 atom stereocenters. The zero-order valence-electron chi connectivity index (χ0n) is 7.99. The van der Waals surface area contributed by atoms with E-state index in [0.29, 0.717) is 12.1 Å². The van der Waals surface area contributed by atoms with Gasteiger partial charge in [0.15, 0.2) is 0 Å². The first-order valence-electron chi connectivity index (χ1n) is 4.68. The first-order chi connectivity index (χ1) is 6.09. The third kappa shape index (κ3) is 1.66. The molecule has 2 heterocycles. The number of hydrogen-bond acceptors (Lipinski definition) is 2. The van der Waals surface area contributed by atoms with Gasteiger partial charge in [0.25, 0.3) is 0 Å². The number of carbonyl (C=O) groups excluding carboxylic acids is 2. The Kier molecular flexibility index (Phi) is 1.78. The molecular formula is C9H14N2O2. The van der Waals surface area contributed by atoms with Crippen LogP contribution < -0.4 is 0 Å². The fourth-order valence-electron chi connectivity index (χ4n) is 1.50. The highest BCUT2D eigenvalue weighted by Gasteiger charge is 2.39. The third-order valence-electron chi connectivity index (χ3n) is 2.66. The van der Waals surface area contributed by atoms with Crippen molar-refractivity contribution < 1.29 is 9.59 Å². The zero-order valence-corrected chi connectivity index (χ0v) is 7.99. The molecule has 13 heavy (non-hydrogen) atoms. The molecule has 2 aliphatic rings. The number of nitrogens with zero attached hydrogens (tertiary/aromatic N) is 2. The van der Waals surface area contributed by atoms with Crippen LogP contribution in [0.2, 0.25) is 0 Å². The van der Waals surface area contributed by atoms with Crippen molar-refractivity contribution in [1.82, 2.24) is 9.80 Å². The zero-order chi connectivity index (χ0) is 9.59. The fraction of sp³-hybridized carbons (Fsp3) is 0.778. The van der Waals surface area contributed by atoms with Gasteiger partial charge in [0, 0.05) is 25.2 Å². The van der Waals surface area contributed by atoms with Crippen LogP contribution in [0.15, 0.2) is 0 Å². The van der Waals surface area contributed by atoms with E-state index in [2.05, 4.69) is 0 Å². The molecule has 0 aliphatic carbocycles. The van der Waals surface area contributed by atoms with Crippen LogP contribution in [0.3, 0.4) is 0 Å². The molecule has 2 unspecified atom stereocenters. The maximum atomic E-state index is 11.3. The summed E-state index contributed by atoms with van der Waals surface area (Å²) in [7, 11) is 0. The minimum atomic E-state index is -0.0170. The SMILES string of the molecule is CC1CN1C(=O)CC(=O)N1CC1C. The molecular weight excluding hydrogens is 168 g/mol. The highest BCUT2D eigenvalue weighted by molar-refractivity contribution is 5.98. The number of amides is 2. The van der Waals surface area contributed by atoms with E-state index in [1.54, 1.807) is 9.80 Å². The topological polar surface area (TPSA) is 40.2 Å². The van der Waals surface area contributed by atoms with Gasteiger partial charge >= 0.3 is 0 Å². The van der Waals surface area contributed by atoms with Crippen molar-refractivity contribution in [3.8, 4) is 0 Å². The van der Waals surface area contributed by atoms with Crippen molar-refractivity contribution >= 4 is 11.8 Å². The van der Waals surface area contributed by atoms with Gasteiger partial charge in [-0.2, -0.15) is 0 Å². The van der Waals surface area contributed by atoms with E-state index in [1.807, 2.05) is 13.8 Å². The van der Waals surface area contributed by atoms with Crippen molar-refractivity contribution in [3.05, 3.63) is 0 Å². The first-order valence-corrected chi connectivity index (χ1v) is 4.68. The largest absolute Gasteiger partial charge is 0.336 e. The Balaban J connectivity index is 1.78. The smallest absolute Gasteiger partial charge is 0.232 e. The molecule has 0 bridgehead atoms. The highest BCUT2D eigenvalue weighted by Crippen LogP contribution is 2.21. The molecule has 0 aromatic heterocycles. The molecule has 72 valence electrons. The molecule has 0 aromatic carbocycles. The van der Waals surface area contributed by atoms with Crippen molar-refractivity contribution in [2.24, 2.45) is 0 Å². The second-order valence-electron chi connectivity index (χ2n) is 3.97. The standard InChI is InChI=1S/C9H14N2O2/c1-6-4-10(6)8(12)3-9(13)11-5-7(11)2/h6-7H,3-5H2,1-2H3. The molecule has 0 spiro atoms. The highest BCUT2D eigenvalue weighted by atomic mass is 16.2. The molecule has 0 N–H and O–H groups in total. The maximum Gasteiger partial charge on any atom is 0.232 e. The van der Waals surface area contributed by atoms with Gasteiger partial charge in [-0.15, -0.1) is 0 Å². The average Bonchev–Trinajstić information content (AvgIpc) is 2.89. The Labute approximate surface area is 77.5 Å². The molecule has 0 aromatic rings. The van der Waals surface area contributed by atoms with E-state index >= 15 is 0 Å². The van der Waals surface area contributed by atoms with Gasteiger partial charge in [-0.3, -0.25) is 9.59 Å². The number of carbonyl (C=O) groups is 2. The summed E-state index contributed by atoms with van der Waals surface area (Å²) in [5.41, 5.74) is 0. The summed E-state index contributed by atoms with van der Waals surface area (Å²) in [6.45, 7) is 5.62. The summed E-state index contributed by atoms with van der Waals surface area (Å²) >= 11 is 0. The molecule has 2 fully saturated rings. The maximum absolute atomic E-state index is 11.3. The Morgan fingerprint density at radius 3 is 1.62 bits per heavy atom. The molecule has 2 amide bonds. The molecule has 2 rings (SSSR count). The molecule has 4 heteroatoms. The Hall–Kier alpha value is -1.06. The lowest BCUT2D eigenvalue weighted by Crippen LogP contribution is -2.22. The Morgan fingerprint density at radius 1 is 1.08 bits per heavy atom. The quantitative estimate of drug-likeness (QED) is 0.439. The molecule has 2 aliphatic heterocycles. The lowest BCUT2D eigenvalue weighted by atomic mass is 10.4. The second-order valence-corrected chi connectivity index (χ2v) is 3.97. The van der Waals surface area contributed by atoms with Crippen molar-refractivity contribution in [2.75, 3.05) is 13.1 Å². The van der Waals surface area contributed by atoms with Crippen molar-refractivity contribution in [1.29, 1.82) is 0 Å². The van der Waals surface area contributed by atoms with E-state index < -0.39 is 0 Å². The van der Waals surface area contributed by atoms with Crippen LogP contribution in [0, 0.1) is 0 Å². The van der Waals surface area contributed by atoms with Gasteiger partial charge < -0.3 is 9.80 Å². The van der Waals surface area contributed by atoms with E-state index in [1.165, 1.54) is 0 Å². The minimum absolute atomic E-state index is 0.0170. The summed E-state index contributed by atoms with van der Waals surface area (Å²) in [4.78, 5) is 26.1. The van der Waals surface area contributed by atoms with Gasteiger partial charge in [0.1, 0.15) is 6.42 Å². The van der Waals surface area contributed by atoms with Crippen LogP contribution in [0.5, 0.6) is 0 Å². The minimum Gasteiger partial charge on any atom is -0.336 e. The molecule has 0 radical (unpaired) electrons. The predicted octanol–water partition coefficient (Wildman–Crippen LogP) is -0.162. The van der Waals surface area contributed by atoms with Crippen LogP contribution in [0.25, 0.3) is 0 Å². The van der Waals surface area contributed by atoms with E-state index in [0.717, 1.165) is 13.1 Å². The second kappa shape index (κ2) is 2.72. The van der Waals surface area contributed by atoms with Crippen LogP contribution in [-0.4, -0.2) is 46.8 Å². The van der Waals surface area contributed by atoms with Crippen LogP contribution in [0.4, 0.5) is 0 Å². The average molecular weight is 182 g/mol. The number of hydrogen-bond donors (Lipinski definition) is 0. The van der Waals surface area contributed by atoms with E-state index in [-0.39, 0.29) is 18.2 Å². The third-order valence-corrected chi connectivity index (χ3v) is 2.66. The summed E-state index contributed by atoms with van der Waals surface area (Å²) in [6.07, 6.45) is 0.0642. The summed E-state index contributed by atoms with van der Waals surface area (Å²) in [6, 6.07) is 0.707. The predicted molar refractivity (Wildman–Crippen MR) is 47.0 cm³/mol. The lowest BCUT2D eigenvalue weighted by Gasteiger charge is -2.03. The fourth-order valence-corrected chi connectivity index (χ4v) is 1.50. The van der Waals surface area contributed by atoms with E-state index in [9.17, 15) is 9.59 Å². The van der Waals surface area contributed by atoms with Crippen molar-refractivity contribution in [3.63, 3.8) is 0 Å². The van der Waals surface area contributed by atoms with Gasteiger partial charge in [0.2, 0.25) is 11.8 Å². The summed E-state index contributed by atoms with van der Waals surface area (Å²) in [5, 5.41) is 0. The summed E-state index contributed by atoms with van der Waals surface area (Å²) < 4.78 is 0. The van der Waals surface area contributed by atoms with Crippen LogP contribution in [-0.2, 0) is 9.59 Å².